The molecule has 1 atom stereocenters. The van der Waals surface area contributed by atoms with Gasteiger partial charge >= 0.3 is 12.4 Å². The van der Waals surface area contributed by atoms with Crippen molar-refractivity contribution in [2.24, 2.45) is 0 Å². The molecule has 3 aromatic rings. The quantitative estimate of drug-likeness (QED) is 0.186. The SMILES string of the molecule is CCCC(Sc1ccc([S+](c2ccccc2)c2ccccc2)cc1)C(O)(C(F)(F)F)C(F)(F)F. The predicted octanol–water partition coefficient (Wildman–Crippen LogP) is 7.90. The van der Waals surface area contributed by atoms with Crippen LogP contribution in [0.4, 0.5) is 26.3 Å². The molecule has 0 fully saturated rings. The second kappa shape index (κ2) is 10.7. The van der Waals surface area contributed by atoms with Gasteiger partial charge in [-0.05, 0) is 55.0 Å². The molecule has 0 heterocycles. The minimum atomic E-state index is -5.86. The van der Waals surface area contributed by atoms with Crippen molar-refractivity contribution < 1.29 is 31.4 Å². The van der Waals surface area contributed by atoms with E-state index in [0.29, 0.717) is 11.8 Å². The summed E-state index contributed by atoms with van der Waals surface area (Å²) < 4.78 is 80.6. The maximum Gasteiger partial charge on any atom is 0.427 e. The summed E-state index contributed by atoms with van der Waals surface area (Å²) in [6.45, 7) is 1.48. The van der Waals surface area contributed by atoms with Gasteiger partial charge in [0.15, 0.2) is 14.7 Å². The van der Waals surface area contributed by atoms with Gasteiger partial charge in [0.2, 0.25) is 0 Å². The Morgan fingerprint density at radius 1 is 0.706 bits per heavy atom. The lowest BCUT2D eigenvalue weighted by molar-refractivity contribution is -0.367. The van der Waals surface area contributed by atoms with Gasteiger partial charge < -0.3 is 5.11 Å². The molecule has 0 amide bonds. The second-order valence-corrected chi connectivity index (χ2v) is 10.9. The highest BCUT2D eigenvalue weighted by molar-refractivity contribution is 8.00. The third kappa shape index (κ3) is 5.58. The molecule has 0 saturated carbocycles. The highest BCUT2D eigenvalue weighted by Crippen LogP contribution is 2.51. The number of rotatable bonds is 8. The van der Waals surface area contributed by atoms with Gasteiger partial charge in [0.25, 0.3) is 5.60 Å². The predicted molar refractivity (Wildman–Crippen MR) is 123 cm³/mol. The van der Waals surface area contributed by atoms with Gasteiger partial charge in [-0.3, -0.25) is 0 Å². The lowest BCUT2D eigenvalue weighted by Crippen LogP contribution is -2.63. The average Bonchev–Trinajstić information content (AvgIpc) is 2.79. The van der Waals surface area contributed by atoms with Crippen LogP contribution < -0.4 is 0 Å². The number of hydrogen-bond donors (Lipinski definition) is 1. The molecular weight excluding hydrogens is 494 g/mol. The summed E-state index contributed by atoms with van der Waals surface area (Å²) in [6, 6.07) is 25.8. The minimum absolute atomic E-state index is 0.0513. The summed E-state index contributed by atoms with van der Waals surface area (Å²) in [4.78, 5) is 3.15. The molecule has 0 saturated heterocycles. The van der Waals surface area contributed by atoms with Crippen molar-refractivity contribution in [3.63, 3.8) is 0 Å². The number of halogens is 6. The summed E-state index contributed by atoms with van der Waals surface area (Å²) in [7, 11) is -0.503. The molecule has 1 N–H and O–H groups in total. The van der Waals surface area contributed by atoms with Gasteiger partial charge in [-0.15, -0.1) is 11.8 Å². The molecule has 1 nitrogen and oxygen atoms in total. The normalized spacial score (nSPS) is 13.8. The van der Waals surface area contributed by atoms with E-state index in [-0.39, 0.29) is 11.3 Å². The van der Waals surface area contributed by atoms with Crippen LogP contribution in [-0.4, -0.2) is 28.3 Å². The number of benzene rings is 3. The Bertz CT molecular complexity index is 984. The lowest BCUT2D eigenvalue weighted by Gasteiger charge is -2.38. The Hall–Kier alpha value is -2.10. The molecule has 0 aliphatic carbocycles. The summed E-state index contributed by atoms with van der Waals surface area (Å²) >= 11 is 0.399. The number of aliphatic hydroxyl groups is 1. The van der Waals surface area contributed by atoms with Gasteiger partial charge in [0.1, 0.15) is 0 Å². The fraction of sp³-hybridized carbons (Fsp3) is 0.280. The van der Waals surface area contributed by atoms with Crippen LogP contribution in [0.1, 0.15) is 19.8 Å². The maximum atomic E-state index is 13.4. The van der Waals surface area contributed by atoms with Crippen LogP contribution in [0.2, 0.25) is 0 Å². The smallest absolute Gasteiger partial charge is 0.373 e. The molecule has 9 heteroatoms. The van der Waals surface area contributed by atoms with Crippen molar-refractivity contribution in [3.05, 3.63) is 84.9 Å². The molecule has 34 heavy (non-hydrogen) atoms. The van der Waals surface area contributed by atoms with Crippen LogP contribution in [0.3, 0.4) is 0 Å². The van der Waals surface area contributed by atoms with Crippen LogP contribution in [0.15, 0.2) is 105 Å². The molecule has 0 aliphatic rings. The number of hydrogen-bond acceptors (Lipinski definition) is 2. The zero-order valence-electron chi connectivity index (χ0n) is 18.1. The van der Waals surface area contributed by atoms with E-state index in [4.69, 9.17) is 0 Å². The fourth-order valence-corrected chi connectivity index (χ4v) is 6.98. The largest absolute Gasteiger partial charge is 0.427 e. The Morgan fingerprint density at radius 2 is 1.12 bits per heavy atom. The summed E-state index contributed by atoms with van der Waals surface area (Å²) in [5, 5.41) is 7.77. The van der Waals surface area contributed by atoms with Gasteiger partial charge in [-0.1, -0.05) is 49.7 Å². The maximum absolute atomic E-state index is 13.4. The van der Waals surface area contributed by atoms with E-state index in [1.54, 1.807) is 12.1 Å². The zero-order valence-corrected chi connectivity index (χ0v) is 19.7. The van der Waals surface area contributed by atoms with Crippen molar-refractivity contribution in [2.75, 3.05) is 0 Å². The highest BCUT2D eigenvalue weighted by Gasteiger charge is 2.73. The molecule has 3 aromatic carbocycles. The molecule has 0 radical (unpaired) electrons. The van der Waals surface area contributed by atoms with Crippen LogP contribution in [0.5, 0.6) is 0 Å². The third-order valence-electron chi connectivity index (χ3n) is 5.18. The van der Waals surface area contributed by atoms with E-state index in [1.165, 1.54) is 19.1 Å². The Morgan fingerprint density at radius 3 is 1.50 bits per heavy atom. The molecule has 182 valence electrons. The molecule has 0 spiro atoms. The van der Waals surface area contributed by atoms with Crippen molar-refractivity contribution in [3.8, 4) is 0 Å². The Kier molecular flexibility index (Phi) is 8.31. The Labute approximate surface area is 201 Å². The van der Waals surface area contributed by atoms with E-state index in [2.05, 4.69) is 0 Å². The molecular formula is C25H23F6OS2+. The van der Waals surface area contributed by atoms with Gasteiger partial charge in [-0.2, -0.15) is 26.3 Å². The fourth-order valence-electron chi connectivity index (χ4n) is 3.48. The molecule has 3 rings (SSSR count). The van der Waals surface area contributed by atoms with E-state index < -0.39 is 40.5 Å². The van der Waals surface area contributed by atoms with Crippen LogP contribution in [0.25, 0.3) is 0 Å². The standard InChI is InChI=1S/C25H23F6OS2/c1-2-9-22(23(32,24(26,27)28)25(29,30)31)33-18-14-16-21(17-15-18)34(19-10-5-3-6-11-19)20-12-7-4-8-13-20/h3-8,10-17,22,32H,2,9H2,1H3/q+1. The highest BCUT2D eigenvalue weighted by atomic mass is 32.2. The van der Waals surface area contributed by atoms with Crippen molar-refractivity contribution >= 4 is 22.7 Å². The molecule has 0 aromatic heterocycles. The van der Waals surface area contributed by atoms with Gasteiger partial charge in [0, 0.05) is 4.90 Å². The van der Waals surface area contributed by atoms with Gasteiger partial charge in [-0.25, -0.2) is 0 Å². The van der Waals surface area contributed by atoms with Crippen molar-refractivity contribution in [2.45, 2.75) is 62.6 Å². The first-order valence-electron chi connectivity index (χ1n) is 10.5. The Balaban J connectivity index is 1.95. The summed E-state index contributed by atoms with van der Waals surface area (Å²) in [5.41, 5.74) is -4.81. The van der Waals surface area contributed by atoms with Crippen LogP contribution >= 0.6 is 11.8 Å². The monoisotopic (exact) mass is 517 g/mol. The zero-order chi connectivity index (χ0) is 25.0. The van der Waals surface area contributed by atoms with Crippen molar-refractivity contribution in [1.82, 2.24) is 0 Å². The average molecular weight is 518 g/mol. The summed E-state index contributed by atoms with van der Waals surface area (Å²) in [6.07, 6.45) is -12.1. The van der Waals surface area contributed by atoms with E-state index in [1.807, 2.05) is 60.7 Å². The van der Waals surface area contributed by atoms with E-state index in [0.717, 1.165) is 14.7 Å². The van der Waals surface area contributed by atoms with Crippen LogP contribution in [0, 0.1) is 0 Å². The number of alkyl halides is 6. The first-order chi connectivity index (χ1) is 16.0. The summed E-state index contributed by atoms with van der Waals surface area (Å²) in [5.74, 6) is 0. The van der Waals surface area contributed by atoms with Crippen LogP contribution in [-0.2, 0) is 10.9 Å². The topological polar surface area (TPSA) is 20.2 Å². The van der Waals surface area contributed by atoms with E-state index >= 15 is 0 Å². The minimum Gasteiger partial charge on any atom is -0.373 e. The van der Waals surface area contributed by atoms with Crippen molar-refractivity contribution in [1.29, 1.82) is 0 Å². The molecule has 0 bridgehead atoms. The van der Waals surface area contributed by atoms with Gasteiger partial charge in [0.05, 0.1) is 16.1 Å². The first kappa shape index (κ1) is 26.5. The second-order valence-electron chi connectivity index (χ2n) is 7.56. The third-order valence-corrected chi connectivity index (χ3v) is 8.81. The number of thioether (sulfide) groups is 1. The lowest BCUT2D eigenvalue weighted by atomic mass is 9.94. The molecule has 1 unspecified atom stereocenters. The van der Waals surface area contributed by atoms with E-state index in [9.17, 15) is 31.4 Å². The molecule has 0 aliphatic heterocycles. The first-order valence-corrected chi connectivity index (χ1v) is 12.6.